The van der Waals surface area contributed by atoms with Crippen molar-refractivity contribution in [3.63, 3.8) is 0 Å². The number of nitro benzene ring substituents is 1. The fraction of sp³-hybridized carbons (Fsp3) is 0.500. The molecule has 0 aromatic heterocycles. The van der Waals surface area contributed by atoms with E-state index in [2.05, 4.69) is 0 Å². The van der Waals surface area contributed by atoms with Gasteiger partial charge in [0.05, 0.1) is 22.6 Å². The molecule has 1 atom stereocenters. The summed E-state index contributed by atoms with van der Waals surface area (Å²) in [4.78, 5) is 12.5. The maximum absolute atomic E-state index is 11.1. The van der Waals surface area contributed by atoms with Crippen LogP contribution in [0.3, 0.4) is 0 Å². The number of benzene rings is 1. The predicted molar refractivity (Wildman–Crippen MR) is 70.2 cm³/mol. The van der Waals surface area contributed by atoms with Crippen LogP contribution in [0.1, 0.15) is 19.3 Å². The van der Waals surface area contributed by atoms with Gasteiger partial charge < -0.3 is 10.0 Å². The molecule has 0 saturated carbocycles. The van der Waals surface area contributed by atoms with Crippen LogP contribution in [-0.4, -0.2) is 29.2 Å². The van der Waals surface area contributed by atoms with Crippen LogP contribution >= 0.6 is 11.6 Å². The van der Waals surface area contributed by atoms with E-state index in [-0.39, 0.29) is 18.3 Å². The molecule has 0 spiro atoms. The molecule has 1 N–H and O–H groups in total. The first-order valence-corrected chi connectivity index (χ1v) is 6.33. The molecule has 2 rings (SSSR count). The lowest BCUT2D eigenvalue weighted by Crippen LogP contribution is -2.42. The average molecular weight is 271 g/mol. The van der Waals surface area contributed by atoms with E-state index in [0.717, 1.165) is 19.3 Å². The molecule has 0 amide bonds. The molecule has 0 aliphatic carbocycles. The third-order valence-electron chi connectivity index (χ3n) is 3.29. The Morgan fingerprint density at radius 1 is 1.50 bits per heavy atom. The van der Waals surface area contributed by atoms with Gasteiger partial charge in [-0.1, -0.05) is 17.7 Å². The van der Waals surface area contributed by atoms with Gasteiger partial charge in [0, 0.05) is 12.6 Å². The van der Waals surface area contributed by atoms with Crippen molar-refractivity contribution in [1.29, 1.82) is 0 Å². The highest BCUT2D eigenvalue weighted by atomic mass is 35.5. The van der Waals surface area contributed by atoms with E-state index in [4.69, 9.17) is 11.6 Å². The topological polar surface area (TPSA) is 66.6 Å². The van der Waals surface area contributed by atoms with E-state index in [1.165, 1.54) is 6.07 Å². The highest BCUT2D eigenvalue weighted by molar-refractivity contribution is 6.33. The van der Waals surface area contributed by atoms with Gasteiger partial charge in [-0.3, -0.25) is 10.1 Å². The zero-order valence-corrected chi connectivity index (χ0v) is 10.6. The van der Waals surface area contributed by atoms with Crippen molar-refractivity contribution in [2.45, 2.75) is 25.3 Å². The van der Waals surface area contributed by atoms with Crippen molar-refractivity contribution in [1.82, 2.24) is 0 Å². The first-order valence-electron chi connectivity index (χ1n) is 5.95. The number of rotatable bonds is 3. The second kappa shape index (κ2) is 5.54. The number of aliphatic hydroxyl groups is 1. The number of aliphatic hydroxyl groups excluding tert-OH is 1. The Bertz CT molecular complexity index is 453. The van der Waals surface area contributed by atoms with Gasteiger partial charge in [0.25, 0.3) is 5.69 Å². The number of halogens is 1. The van der Waals surface area contributed by atoms with Crippen molar-refractivity contribution in [3.05, 3.63) is 33.3 Å². The number of hydrogen-bond acceptors (Lipinski definition) is 4. The molecule has 1 aromatic rings. The van der Waals surface area contributed by atoms with Crippen LogP contribution in [0.25, 0.3) is 0 Å². The highest BCUT2D eigenvalue weighted by Gasteiger charge is 2.29. The maximum Gasteiger partial charge on any atom is 0.294 e. The van der Waals surface area contributed by atoms with Gasteiger partial charge in [0.15, 0.2) is 0 Å². The summed E-state index contributed by atoms with van der Waals surface area (Å²) in [7, 11) is 0. The van der Waals surface area contributed by atoms with Crippen LogP contribution < -0.4 is 4.90 Å². The molecular weight excluding hydrogens is 256 g/mol. The first-order chi connectivity index (χ1) is 8.65. The summed E-state index contributed by atoms with van der Waals surface area (Å²) in [5.41, 5.74) is 0.436. The van der Waals surface area contributed by atoms with E-state index in [1.807, 2.05) is 4.90 Å². The van der Waals surface area contributed by atoms with Crippen LogP contribution in [0.4, 0.5) is 11.4 Å². The third kappa shape index (κ3) is 2.42. The summed E-state index contributed by atoms with van der Waals surface area (Å²) >= 11 is 6.10. The van der Waals surface area contributed by atoms with E-state index < -0.39 is 4.92 Å². The van der Waals surface area contributed by atoms with Crippen LogP contribution in [0.2, 0.25) is 5.02 Å². The minimum absolute atomic E-state index is 0.00264. The maximum atomic E-state index is 11.1. The number of anilines is 1. The monoisotopic (exact) mass is 270 g/mol. The van der Waals surface area contributed by atoms with Gasteiger partial charge in [-0.05, 0) is 25.3 Å². The van der Waals surface area contributed by atoms with E-state index in [1.54, 1.807) is 12.1 Å². The summed E-state index contributed by atoms with van der Waals surface area (Å²) in [6, 6.07) is 4.58. The lowest BCUT2D eigenvalue weighted by Gasteiger charge is -2.36. The smallest absolute Gasteiger partial charge is 0.294 e. The van der Waals surface area contributed by atoms with Gasteiger partial charge in [-0.25, -0.2) is 0 Å². The number of para-hydroxylation sites is 1. The zero-order valence-electron chi connectivity index (χ0n) is 9.88. The summed E-state index contributed by atoms with van der Waals surface area (Å²) in [5, 5.41) is 20.8. The van der Waals surface area contributed by atoms with Crippen molar-refractivity contribution in [2.24, 2.45) is 0 Å². The van der Waals surface area contributed by atoms with Crippen molar-refractivity contribution >= 4 is 23.0 Å². The van der Waals surface area contributed by atoms with Crippen LogP contribution in [0, 0.1) is 10.1 Å². The third-order valence-corrected chi connectivity index (χ3v) is 3.59. The minimum atomic E-state index is -0.426. The van der Waals surface area contributed by atoms with Gasteiger partial charge >= 0.3 is 0 Å². The molecule has 0 bridgehead atoms. The average Bonchev–Trinajstić information content (AvgIpc) is 2.38. The number of nitrogens with zero attached hydrogens (tertiary/aromatic N) is 2. The van der Waals surface area contributed by atoms with Gasteiger partial charge in [-0.2, -0.15) is 0 Å². The lowest BCUT2D eigenvalue weighted by atomic mass is 10.0. The Hall–Kier alpha value is -1.33. The SMILES string of the molecule is O=[N+]([O-])c1cccc(Cl)c1N1CCCCC1CO. The second-order valence-corrected chi connectivity index (χ2v) is 4.80. The number of nitro groups is 1. The van der Waals surface area contributed by atoms with Gasteiger partial charge in [0.1, 0.15) is 5.69 Å². The quantitative estimate of drug-likeness (QED) is 0.677. The molecule has 98 valence electrons. The molecule has 1 unspecified atom stereocenters. The summed E-state index contributed by atoms with van der Waals surface area (Å²) in [6.07, 6.45) is 2.82. The lowest BCUT2D eigenvalue weighted by molar-refractivity contribution is -0.384. The normalized spacial score (nSPS) is 19.9. The first kappa shape index (κ1) is 13.1. The summed E-state index contributed by atoms with van der Waals surface area (Å²) < 4.78 is 0. The molecule has 18 heavy (non-hydrogen) atoms. The molecule has 5 nitrogen and oxygen atoms in total. The van der Waals surface area contributed by atoms with E-state index in [9.17, 15) is 15.2 Å². The molecular formula is C12H15ClN2O3. The zero-order chi connectivity index (χ0) is 13.1. The highest BCUT2D eigenvalue weighted by Crippen LogP contribution is 2.38. The Balaban J connectivity index is 2.44. The van der Waals surface area contributed by atoms with Gasteiger partial charge in [0.2, 0.25) is 0 Å². The molecule has 0 radical (unpaired) electrons. The predicted octanol–water partition coefficient (Wildman–Crippen LogP) is 2.60. The van der Waals surface area contributed by atoms with E-state index >= 15 is 0 Å². The standard InChI is InChI=1S/C12H15ClN2O3/c13-10-5-3-6-11(15(17)18)12(10)14-7-2-1-4-9(14)8-16/h3,5-6,9,16H,1-2,4,7-8H2. The Morgan fingerprint density at radius 2 is 2.28 bits per heavy atom. The Kier molecular flexibility index (Phi) is 4.04. The van der Waals surface area contributed by atoms with Crippen molar-refractivity contribution in [2.75, 3.05) is 18.1 Å². The van der Waals surface area contributed by atoms with Crippen LogP contribution in [0.15, 0.2) is 18.2 Å². The minimum Gasteiger partial charge on any atom is -0.394 e. The Labute approximate surface area is 110 Å². The molecule has 1 saturated heterocycles. The summed E-state index contributed by atoms with van der Waals surface area (Å²) in [5.74, 6) is 0. The molecule has 6 heteroatoms. The molecule has 1 aromatic carbocycles. The molecule has 1 heterocycles. The molecule has 1 aliphatic heterocycles. The summed E-state index contributed by atoms with van der Waals surface area (Å²) in [6.45, 7) is 0.679. The largest absolute Gasteiger partial charge is 0.394 e. The van der Waals surface area contributed by atoms with Gasteiger partial charge in [-0.15, -0.1) is 0 Å². The number of hydrogen-bond donors (Lipinski definition) is 1. The van der Waals surface area contributed by atoms with Crippen molar-refractivity contribution < 1.29 is 10.0 Å². The molecule has 1 fully saturated rings. The fourth-order valence-corrected chi connectivity index (χ4v) is 2.70. The van der Waals surface area contributed by atoms with E-state index in [0.29, 0.717) is 17.3 Å². The second-order valence-electron chi connectivity index (χ2n) is 4.39. The Morgan fingerprint density at radius 3 is 2.94 bits per heavy atom. The van der Waals surface area contributed by atoms with Crippen LogP contribution in [-0.2, 0) is 0 Å². The van der Waals surface area contributed by atoms with Crippen LogP contribution in [0.5, 0.6) is 0 Å². The number of piperidine rings is 1. The fourth-order valence-electron chi connectivity index (χ4n) is 2.42. The molecule has 1 aliphatic rings. The van der Waals surface area contributed by atoms with Crippen molar-refractivity contribution in [3.8, 4) is 0 Å².